The first-order valence-electron chi connectivity index (χ1n) is 7.95. The van der Waals surface area contributed by atoms with E-state index in [4.69, 9.17) is 0 Å². The molecule has 0 fully saturated rings. The Kier molecular flexibility index (Phi) is 5.71. The van der Waals surface area contributed by atoms with E-state index in [1.54, 1.807) is 18.4 Å². The van der Waals surface area contributed by atoms with Crippen molar-refractivity contribution >= 4 is 44.5 Å². The molecule has 2 atom stereocenters. The van der Waals surface area contributed by atoms with Gasteiger partial charge >= 0.3 is 0 Å². The van der Waals surface area contributed by atoms with E-state index in [0.717, 1.165) is 15.5 Å². The minimum atomic E-state index is -3.22. The van der Waals surface area contributed by atoms with Gasteiger partial charge < -0.3 is 0 Å². The van der Waals surface area contributed by atoms with E-state index in [-0.39, 0.29) is 0 Å². The molecule has 0 amide bonds. The molecule has 0 spiro atoms. The highest BCUT2D eigenvalue weighted by molar-refractivity contribution is 7.90. The van der Waals surface area contributed by atoms with Gasteiger partial charge in [-0.1, -0.05) is 54.6 Å². The summed E-state index contributed by atoms with van der Waals surface area (Å²) in [5.74, 6) is 0. The molecule has 0 bridgehead atoms. The zero-order chi connectivity index (χ0) is 18.7. The Morgan fingerprint density at radius 1 is 0.731 bits per heavy atom. The Labute approximate surface area is 158 Å². The Bertz CT molecular complexity index is 1010. The van der Waals surface area contributed by atoms with Crippen molar-refractivity contribution in [3.05, 3.63) is 78.9 Å². The number of hydrogen-bond donors (Lipinski definition) is 0. The predicted molar refractivity (Wildman–Crippen MR) is 111 cm³/mol. The van der Waals surface area contributed by atoms with Crippen molar-refractivity contribution in [2.75, 3.05) is 12.5 Å². The van der Waals surface area contributed by atoms with Gasteiger partial charge in [0.05, 0.1) is 4.90 Å². The summed E-state index contributed by atoms with van der Waals surface area (Å²) >= 11 is 0. The van der Waals surface area contributed by atoms with Crippen molar-refractivity contribution in [2.24, 2.45) is 0 Å². The second-order valence-electron chi connectivity index (χ2n) is 5.89. The molecular formula is C20H19O3PS2. The molecule has 3 aromatic rings. The molecule has 0 aliphatic carbocycles. The maximum atomic E-state index is 11.7. The molecule has 0 aliphatic heterocycles. The molecule has 0 aliphatic rings. The van der Waals surface area contributed by atoms with Crippen molar-refractivity contribution in [3.63, 3.8) is 0 Å². The van der Waals surface area contributed by atoms with Crippen LogP contribution < -0.4 is 15.9 Å². The lowest BCUT2D eigenvalue weighted by Crippen LogP contribution is -2.20. The van der Waals surface area contributed by atoms with E-state index in [1.807, 2.05) is 54.6 Å². The first-order valence-corrected chi connectivity index (χ1v) is 12.7. The second-order valence-corrected chi connectivity index (χ2v) is 11.5. The smallest absolute Gasteiger partial charge is 0.175 e. The van der Waals surface area contributed by atoms with Gasteiger partial charge in [-0.05, 0) is 48.1 Å². The fourth-order valence-corrected chi connectivity index (χ4v) is 6.06. The number of benzene rings is 3. The van der Waals surface area contributed by atoms with Crippen LogP contribution in [0.2, 0.25) is 0 Å². The van der Waals surface area contributed by atoms with E-state index in [9.17, 15) is 12.6 Å². The maximum Gasteiger partial charge on any atom is 0.175 e. The van der Waals surface area contributed by atoms with Gasteiger partial charge in [0, 0.05) is 28.2 Å². The summed E-state index contributed by atoms with van der Waals surface area (Å²) in [6, 6.07) is 25.1. The van der Waals surface area contributed by atoms with Crippen LogP contribution in [0.1, 0.15) is 0 Å². The Balaban J connectivity index is 2.08. The molecule has 3 nitrogen and oxygen atoms in total. The molecular weight excluding hydrogens is 383 g/mol. The first-order chi connectivity index (χ1) is 12.4. The van der Waals surface area contributed by atoms with Crippen molar-refractivity contribution < 1.29 is 12.6 Å². The molecule has 2 unspecified atom stereocenters. The summed E-state index contributed by atoms with van der Waals surface area (Å²) in [6.07, 6.45) is 2.88. The topological polar surface area (TPSA) is 51.2 Å². The minimum absolute atomic E-state index is 0.320. The van der Waals surface area contributed by atoms with E-state index in [1.165, 1.54) is 11.6 Å². The largest absolute Gasteiger partial charge is 0.255 e. The lowest BCUT2D eigenvalue weighted by Gasteiger charge is -2.19. The Morgan fingerprint density at radius 3 is 1.65 bits per heavy atom. The van der Waals surface area contributed by atoms with Crippen molar-refractivity contribution in [2.45, 2.75) is 9.79 Å². The summed E-state index contributed by atoms with van der Waals surface area (Å²) < 4.78 is 35.1. The molecule has 0 aromatic heterocycles. The highest BCUT2D eigenvalue weighted by Crippen LogP contribution is 2.33. The van der Waals surface area contributed by atoms with E-state index in [0.29, 0.717) is 4.90 Å². The lowest BCUT2D eigenvalue weighted by atomic mass is 10.3. The van der Waals surface area contributed by atoms with Gasteiger partial charge in [0.2, 0.25) is 0 Å². The Hall–Kier alpha value is -1.81. The predicted octanol–water partition coefficient (Wildman–Crippen LogP) is 2.59. The third-order valence-electron chi connectivity index (χ3n) is 3.96. The number of hydrogen-bond acceptors (Lipinski definition) is 3. The molecule has 3 rings (SSSR count). The molecule has 3 aromatic carbocycles. The summed E-state index contributed by atoms with van der Waals surface area (Å²) in [5.41, 5.74) is 0. The molecule has 6 heteroatoms. The highest BCUT2D eigenvalue weighted by Gasteiger charge is 2.17. The van der Waals surface area contributed by atoms with E-state index < -0.39 is 28.6 Å². The van der Waals surface area contributed by atoms with Gasteiger partial charge in [-0.15, -0.1) is 0 Å². The lowest BCUT2D eigenvalue weighted by molar-refractivity contribution is 0.602. The molecule has 0 saturated heterocycles. The average molecular weight is 402 g/mol. The van der Waals surface area contributed by atoms with Crippen molar-refractivity contribution in [1.82, 2.24) is 0 Å². The fraction of sp³-hybridized carbons (Fsp3) is 0.100. The van der Waals surface area contributed by atoms with Crippen LogP contribution in [-0.4, -0.2) is 25.1 Å². The summed E-state index contributed by atoms with van der Waals surface area (Å²) in [5, 5.41) is 3.39. The van der Waals surface area contributed by atoms with Crippen LogP contribution in [0.4, 0.5) is 0 Å². The van der Waals surface area contributed by atoms with Gasteiger partial charge in [-0.2, -0.15) is 0 Å². The van der Waals surface area contributed by atoms with Gasteiger partial charge in [-0.3, -0.25) is 4.21 Å². The van der Waals surface area contributed by atoms with Crippen LogP contribution in [-0.2, 0) is 20.6 Å². The third kappa shape index (κ3) is 4.29. The van der Waals surface area contributed by atoms with Gasteiger partial charge in [0.1, 0.15) is 0 Å². The quantitative estimate of drug-likeness (QED) is 0.617. The minimum Gasteiger partial charge on any atom is -0.255 e. The summed E-state index contributed by atoms with van der Waals surface area (Å²) in [6.45, 7) is 0. The zero-order valence-electron chi connectivity index (χ0n) is 14.5. The van der Waals surface area contributed by atoms with Crippen LogP contribution in [0.15, 0.2) is 88.7 Å². The SMILES string of the molecule is CS(=O)c1ccc(P(c2ccccc2)c2ccc(S(C)(=O)=O)cc2)cc1. The zero-order valence-corrected chi connectivity index (χ0v) is 17.0. The highest BCUT2D eigenvalue weighted by atomic mass is 32.2. The van der Waals surface area contributed by atoms with Crippen LogP contribution in [0, 0.1) is 0 Å². The molecule has 0 saturated carbocycles. The fourth-order valence-electron chi connectivity index (χ4n) is 2.65. The molecule has 0 N–H and O–H groups in total. The molecule has 0 radical (unpaired) electrons. The Morgan fingerprint density at radius 2 is 1.19 bits per heavy atom. The standard InChI is InChI=1S/C20H19O3PS2/c1-25(21)19-12-8-17(9-13-19)24(16-6-4-3-5-7-16)18-10-14-20(15-11-18)26(2,22)23/h3-15H,1-2H3. The van der Waals surface area contributed by atoms with Gasteiger partial charge in [0.25, 0.3) is 0 Å². The van der Waals surface area contributed by atoms with Crippen LogP contribution in [0.25, 0.3) is 0 Å². The van der Waals surface area contributed by atoms with E-state index >= 15 is 0 Å². The van der Waals surface area contributed by atoms with E-state index in [2.05, 4.69) is 12.1 Å². The monoisotopic (exact) mass is 402 g/mol. The molecule has 134 valence electrons. The van der Waals surface area contributed by atoms with Gasteiger partial charge in [-0.25, -0.2) is 8.42 Å². The van der Waals surface area contributed by atoms with Crippen LogP contribution >= 0.6 is 7.92 Å². The molecule has 0 heterocycles. The summed E-state index contributed by atoms with van der Waals surface area (Å²) in [7, 11) is -5.05. The normalized spacial score (nSPS) is 13.9. The maximum absolute atomic E-state index is 11.7. The van der Waals surface area contributed by atoms with Crippen molar-refractivity contribution in [1.29, 1.82) is 0 Å². The average Bonchev–Trinajstić information content (AvgIpc) is 2.63. The third-order valence-corrected chi connectivity index (χ3v) is 8.47. The van der Waals surface area contributed by atoms with Gasteiger partial charge in [0.15, 0.2) is 9.84 Å². The number of sulfone groups is 1. The van der Waals surface area contributed by atoms with Crippen LogP contribution in [0.5, 0.6) is 0 Å². The van der Waals surface area contributed by atoms with Crippen molar-refractivity contribution in [3.8, 4) is 0 Å². The van der Waals surface area contributed by atoms with Crippen LogP contribution in [0.3, 0.4) is 0 Å². The summed E-state index contributed by atoms with van der Waals surface area (Å²) in [4.78, 5) is 1.12. The second kappa shape index (κ2) is 7.83. The first kappa shape index (κ1) is 19.0. The number of rotatable bonds is 5. The molecule has 26 heavy (non-hydrogen) atoms.